The molecule has 0 aromatic heterocycles. The van der Waals surface area contributed by atoms with Crippen molar-refractivity contribution in [2.75, 3.05) is 13.2 Å². The zero-order chi connectivity index (χ0) is 85.9. The first-order chi connectivity index (χ1) is 53.6. The Hall–Kier alpha value is -12.5. The topological polar surface area (TPSA) is 330 Å². The molecule has 19 nitrogen and oxygen atoms in total. The molecular formula is C83H84F12N6O13. The van der Waals surface area contributed by atoms with Crippen LogP contribution in [-0.4, -0.2) is 137 Å². The van der Waals surface area contributed by atoms with E-state index in [0.717, 1.165) is 35.7 Å². The number of carbonyl (C=O) groups excluding carboxylic acids is 5. The molecule has 0 saturated carbocycles. The van der Waals surface area contributed by atoms with Gasteiger partial charge in [-0.3, -0.25) is 38.4 Å². The van der Waals surface area contributed by atoms with Crippen molar-refractivity contribution in [2.45, 2.75) is 160 Å². The minimum absolute atomic E-state index is 0.0382. The SMILES string of the molecule is CC(=O)N[C@@H](C)[C@@H](F)C#Cc1ccccc1.CCOC(=O)C[C@H](CC#Cc1ccccc1)NC(C)=O.CCOC(=O)C[C@H](NC(C)=O)[C@H](F)C#Cc1ccc(F)c(C(F)(F)F)c1.N[C@@H](CC#Cc1ccccc1)CC(=O)O.N[C@H](CC(=O)O)[C@H](F)C#Cc1ccc(F)c(C(F)(F)F)c1.N[C@H](CC(=O)O)[C@H](F)C#Cc1ccccc1. The summed E-state index contributed by atoms with van der Waals surface area (Å²) in [5.41, 5.74) is 15.8. The van der Waals surface area contributed by atoms with Crippen molar-refractivity contribution >= 4 is 47.6 Å². The molecule has 0 aliphatic rings. The van der Waals surface area contributed by atoms with E-state index >= 15 is 0 Å². The number of carboxylic acids is 3. The predicted octanol–water partition coefficient (Wildman–Crippen LogP) is 11.5. The van der Waals surface area contributed by atoms with Crippen LogP contribution in [0.5, 0.6) is 0 Å². The third kappa shape index (κ3) is 46.9. The molecule has 10 atom stereocenters. The van der Waals surface area contributed by atoms with Gasteiger partial charge in [-0.25, -0.2) is 26.3 Å². The van der Waals surface area contributed by atoms with Crippen LogP contribution in [0.2, 0.25) is 0 Å². The maximum Gasteiger partial charge on any atom is 0.419 e. The number of rotatable bonds is 21. The highest BCUT2D eigenvalue weighted by Crippen LogP contribution is 2.33. The second-order valence-corrected chi connectivity index (χ2v) is 23.6. The summed E-state index contributed by atoms with van der Waals surface area (Å²) in [4.78, 5) is 86.8. The van der Waals surface area contributed by atoms with Crippen LogP contribution in [0.1, 0.15) is 131 Å². The number of benzene rings is 6. The van der Waals surface area contributed by atoms with E-state index in [2.05, 4.69) is 79.9 Å². The molecule has 12 N–H and O–H groups in total. The third-order valence-corrected chi connectivity index (χ3v) is 13.7. The van der Waals surface area contributed by atoms with E-state index in [1.807, 2.05) is 109 Å². The lowest BCUT2D eigenvalue weighted by molar-refractivity contribution is -0.145. The molecule has 3 amide bonds. The lowest BCUT2D eigenvalue weighted by atomic mass is 10.1. The third-order valence-electron chi connectivity index (χ3n) is 13.7. The van der Waals surface area contributed by atoms with Crippen LogP contribution in [0.3, 0.4) is 0 Å². The largest absolute Gasteiger partial charge is 0.481 e. The van der Waals surface area contributed by atoms with Gasteiger partial charge >= 0.3 is 42.2 Å². The van der Waals surface area contributed by atoms with Crippen LogP contribution >= 0.6 is 0 Å². The quantitative estimate of drug-likeness (QED) is 0.0184. The van der Waals surface area contributed by atoms with Crippen LogP contribution in [0, 0.1) is 82.7 Å². The van der Waals surface area contributed by atoms with Crippen LogP contribution in [-0.2, 0) is 60.2 Å². The second-order valence-electron chi connectivity index (χ2n) is 23.6. The smallest absolute Gasteiger partial charge is 0.419 e. The monoisotopic (exact) mass is 1600 g/mol. The average molecular weight is 1600 g/mol. The molecule has 6 rings (SSSR count). The molecule has 114 heavy (non-hydrogen) atoms. The minimum Gasteiger partial charge on any atom is -0.481 e. The van der Waals surface area contributed by atoms with Gasteiger partial charge in [0, 0.05) is 73.0 Å². The van der Waals surface area contributed by atoms with Crippen molar-refractivity contribution in [3.8, 4) is 71.0 Å². The molecule has 0 radical (unpaired) electrons. The first-order valence-electron chi connectivity index (χ1n) is 34.2. The Kier molecular flexibility index (Phi) is 47.3. The number of alkyl halides is 10. The number of amides is 3. The summed E-state index contributed by atoms with van der Waals surface area (Å²) in [6.07, 6.45) is -17.6. The van der Waals surface area contributed by atoms with Crippen molar-refractivity contribution in [1.82, 2.24) is 16.0 Å². The summed E-state index contributed by atoms with van der Waals surface area (Å²) < 4.78 is 165. The van der Waals surface area contributed by atoms with E-state index < -0.39 is 139 Å². The summed E-state index contributed by atoms with van der Waals surface area (Å²) in [6, 6.07) is 36.0. The Labute approximate surface area is 651 Å². The highest BCUT2D eigenvalue weighted by Gasteiger charge is 2.35. The molecule has 0 aliphatic carbocycles. The summed E-state index contributed by atoms with van der Waals surface area (Å²) >= 11 is 0. The Morgan fingerprint density at radius 3 is 1.08 bits per heavy atom. The molecule has 0 saturated heterocycles. The number of hydrogen-bond donors (Lipinski definition) is 9. The molecule has 0 heterocycles. The Balaban J connectivity index is 0.000000691. The molecule has 6 aromatic rings. The number of nitrogens with one attached hydrogen (secondary N) is 3. The van der Waals surface area contributed by atoms with Gasteiger partial charge in [0.25, 0.3) is 0 Å². The fourth-order valence-corrected chi connectivity index (χ4v) is 8.41. The van der Waals surface area contributed by atoms with Gasteiger partial charge in [-0.15, -0.1) is 0 Å². The Morgan fingerprint density at radius 2 is 0.737 bits per heavy atom. The molecule has 6 aromatic carbocycles. The molecular weight excluding hydrogens is 1520 g/mol. The standard InChI is InChI=1S/C17H16F5NO3.C16H19NO3.C13H10F5NO2.C13H14FNO.C12H12FNO2.C12H13NO2/c1-3-26-16(25)9-15(23-10(2)24)14(19)7-5-11-4-6-13(18)12(8-11)17(20,21)22;1-3-20-16(19)12-15(17-13(2)18)11-7-10-14-8-5-4-6-9-14;14-9-3-1-7(5-8(9)13(16,17)18)2-4-10(15)11(19)6-12(20)21;1-10(15-11(2)16)13(14)9-8-12-6-4-3-5-7-12;13-10(11(14)8-12(15)16)7-6-9-4-2-1-3-5-9;13-11(9-12(14)15)8-4-7-10-5-2-1-3-6-10/h4,6,8,14-15H,3,9H2,1-2H3,(H,23,24);4-6,8-9,15H,3,11-12H2,1-2H3,(H,17,18);1,3,5,10-11H,6,19H2,(H,20,21);3-7,10,13H,1-2H3,(H,15,16);1-5,10-11H,8,14H2,(H,15,16);1-3,5-6,11H,8-9,13H2,(H,14,15)/t14-,15+;15-;10-,11-;10-,13-;10-,11-;11-/m101010/s1. The molecule has 0 aliphatic heterocycles. The minimum atomic E-state index is -4.92. The maximum atomic E-state index is 14.2. The Morgan fingerprint density at radius 1 is 0.412 bits per heavy atom. The molecule has 0 spiro atoms. The van der Waals surface area contributed by atoms with E-state index in [9.17, 15) is 91.0 Å². The van der Waals surface area contributed by atoms with E-state index in [0.29, 0.717) is 49.3 Å². The van der Waals surface area contributed by atoms with Crippen molar-refractivity contribution in [3.63, 3.8) is 0 Å². The first-order valence-corrected chi connectivity index (χ1v) is 34.2. The number of esters is 2. The molecule has 31 heteroatoms. The van der Waals surface area contributed by atoms with Gasteiger partial charge in [-0.05, 0) is 106 Å². The Bertz CT molecular complexity index is 4380. The molecule has 0 fully saturated rings. The highest BCUT2D eigenvalue weighted by atomic mass is 19.4. The molecule has 0 bridgehead atoms. The average Bonchev–Trinajstić information content (AvgIpc) is 0.831. The lowest BCUT2D eigenvalue weighted by Gasteiger charge is -2.17. The fraction of sp³-hybridized carbons (Fsp3) is 0.325. The van der Waals surface area contributed by atoms with E-state index in [4.69, 9.17) is 37.3 Å². The van der Waals surface area contributed by atoms with Crippen LogP contribution in [0.4, 0.5) is 52.7 Å². The van der Waals surface area contributed by atoms with Gasteiger partial charge in [0.2, 0.25) is 17.7 Å². The first kappa shape index (κ1) is 99.5. The maximum absolute atomic E-state index is 14.2. The van der Waals surface area contributed by atoms with E-state index in [1.54, 1.807) is 45.0 Å². The van der Waals surface area contributed by atoms with Gasteiger partial charge < -0.3 is 57.9 Å². The zero-order valence-corrected chi connectivity index (χ0v) is 62.3. The summed E-state index contributed by atoms with van der Waals surface area (Å²) in [7, 11) is 0. The number of carbonyl (C=O) groups is 8. The van der Waals surface area contributed by atoms with Crippen molar-refractivity contribution in [2.24, 2.45) is 17.2 Å². The predicted molar refractivity (Wildman–Crippen MR) is 400 cm³/mol. The molecule has 608 valence electrons. The van der Waals surface area contributed by atoms with E-state index in [-0.39, 0.29) is 54.4 Å². The zero-order valence-electron chi connectivity index (χ0n) is 62.3. The van der Waals surface area contributed by atoms with E-state index in [1.165, 1.54) is 13.8 Å². The number of aliphatic carboxylic acids is 3. The van der Waals surface area contributed by atoms with Crippen molar-refractivity contribution in [3.05, 3.63) is 214 Å². The summed E-state index contributed by atoms with van der Waals surface area (Å²) in [5, 5.41) is 32.7. The van der Waals surface area contributed by atoms with Gasteiger partial charge in [-0.1, -0.05) is 144 Å². The summed E-state index contributed by atoms with van der Waals surface area (Å²) in [6.45, 7) is 9.16. The van der Waals surface area contributed by atoms with Crippen LogP contribution < -0.4 is 33.2 Å². The normalized spacial score (nSPS) is 12.7. The number of nitrogens with two attached hydrogens (primary N) is 3. The molecule has 0 unspecified atom stereocenters. The summed E-state index contributed by atoms with van der Waals surface area (Å²) in [5.74, 6) is 21.6. The van der Waals surface area contributed by atoms with Crippen molar-refractivity contribution in [1.29, 1.82) is 0 Å². The number of hydrogen-bond acceptors (Lipinski definition) is 13. The number of carboxylic acid groups (broad SMARTS) is 3. The van der Waals surface area contributed by atoms with Crippen LogP contribution in [0.15, 0.2) is 158 Å². The second kappa shape index (κ2) is 54.2. The number of halogens is 12. The van der Waals surface area contributed by atoms with Gasteiger partial charge in [-0.2, -0.15) is 26.3 Å². The van der Waals surface area contributed by atoms with Gasteiger partial charge in [0.15, 0.2) is 24.7 Å². The number of ether oxygens (including phenoxy) is 2. The van der Waals surface area contributed by atoms with Gasteiger partial charge in [0.05, 0.1) is 86.7 Å². The lowest BCUT2D eigenvalue weighted by Crippen LogP contribution is -2.41. The fourth-order valence-electron chi connectivity index (χ4n) is 8.41. The van der Waals surface area contributed by atoms with Gasteiger partial charge in [0.1, 0.15) is 11.6 Å². The highest BCUT2D eigenvalue weighted by molar-refractivity contribution is 5.77. The van der Waals surface area contributed by atoms with Crippen molar-refractivity contribution < 1.29 is 116 Å². The van der Waals surface area contributed by atoms with Crippen LogP contribution in [0.25, 0.3) is 0 Å².